The molecule has 0 atom stereocenters. The van der Waals surface area contributed by atoms with Crippen molar-refractivity contribution < 1.29 is 22.6 Å². The molecular formula is C22H19F3O2. The molecule has 0 N–H and O–H groups in total. The molecule has 0 amide bonds. The highest BCUT2D eigenvalue weighted by Gasteiger charge is 2.19. The van der Waals surface area contributed by atoms with E-state index in [0.29, 0.717) is 28.7 Å². The molecule has 27 heavy (non-hydrogen) atoms. The van der Waals surface area contributed by atoms with Gasteiger partial charge in [-0.05, 0) is 41.1 Å². The van der Waals surface area contributed by atoms with Gasteiger partial charge >= 0.3 is 6.61 Å². The molecule has 2 nitrogen and oxygen atoms in total. The van der Waals surface area contributed by atoms with Gasteiger partial charge in [-0.3, -0.25) is 0 Å². The molecule has 3 aromatic carbocycles. The van der Waals surface area contributed by atoms with Crippen molar-refractivity contribution in [1.29, 1.82) is 0 Å². The van der Waals surface area contributed by atoms with Crippen molar-refractivity contribution in [3.63, 3.8) is 0 Å². The molecule has 0 bridgehead atoms. The van der Waals surface area contributed by atoms with Crippen LogP contribution in [0.3, 0.4) is 0 Å². The minimum absolute atomic E-state index is 0.00215. The van der Waals surface area contributed by atoms with Crippen LogP contribution in [0.1, 0.15) is 12.5 Å². The maximum Gasteiger partial charge on any atom is 0.387 e. The first-order chi connectivity index (χ1) is 13.0. The Morgan fingerprint density at radius 2 is 1.81 bits per heavy atom. The lowest BCUT2D eigenvalue weighted by Gasteiger charge is -2.15. The van der Waals surface area contributed by atoms with Crippen LogP contribution in [0.25, 0.3) is 21.9 Å². The molecule has 3 aromatic rings. The zero-order valence-corrected chi connectivity index (χ0v) is 14.8. The average Bonchev–Trinajstić information content (AvgIpc) is 2.66. The summed E-state index contributed by atoms with van der Waals surface area (Å²) in [6, 6.07) is 13.3. The number of benzene rings is 3. The van der Waals surface area contributed by atoms with Crippen LogP contribution < -0.4 is 9.47 Å². The lowest BCUT2D eigenvalue weighted by Crippen LogP contribution is -2.05. The first kappa shape index (κ1) is 18.8. The second kappa shape index (κ2) is 8.16. The van der Waals surface area contributed by atoms with Crippen molar-refractivity contribution in [2.45, 2.75) is 20.0 Å². The Bertz CT molecular complexity index is 950. The molecule has 0 aromatic heterocycles. The Labute approximate surface area is 155 Å². The summed E-state index contributed by atoms with van der Waals surface area (Å²) in [7, 11) is 0. The monoisotopic (exact) mass is 372 g/mol. The van der Waals surface area contributed by atoms with Gasteiger partial charge in [0.15, 0.2) is 0 Å². The number of halogens is 3. The summed E-state index contributed by atoms with van der Waals surface area (Å²) < 4.78 is 51.1. The number of fused-ring (bicyclic) bond motifs is 1. The summed E-state index contributed by atoms with van der Waals surface area (Å²) >= 11 is 0. The van der Waals surface area contributed by atoms with Crippen molar-refractivity contribution in [2.24, 2.45) is 0 Å². The van der Waals surface area contributed by atoms with Gasteiger partial charge in [-0.15, -0.1) is 0 Å². The number of aryl methyl sites for hydroxylation is 1. The summed E-state index contributed by atoms with van der Waals surface area (Å²) in [5, 5.41) is 0.882. The number of hydrogen-bond acceptors (Lipinski definition) is 2. The standard InChI is InChI=1S/C22H19F3O2/c1-3-11-26-17-8-6-15(7-9-17)20-19(27-22(24)25)13-16-12-14(4-2)5-10-18(16)21(20)23/h3,5-10,12-13,22H,1,4,11H2,2H3. The second-order valence-corrected chi connectivity index (χ2v) is 5.98. The Balaban J connectivity index is 2.14. The van der Waals surface area contributed by atoms with E-state index in [1.807, 2.05) is 13.0 Å². The van der Waals surface area contributed by atoms with Gasteiger partial charge in [0.05, 0.1) is 5.56 Å². The number of rotatable bonds is 7. The quantitative estimate of drug-likeness (QED) is 0.448. The third kappa shape index (κ3) is 4.08. The molecule has 0 aliphatic heterocycles. The van der Waals surface area contributed by atoms with Crippen LogP contribution in [0.4, 0.5) is 13.2 Å². The first-order valence-corrected chi connectivity index (χ1v) is 8.57. The molecule has 0 aliphatic rings. The highest BCUT2D eigenvalue weighted by Crippen LogP contribution is 2.39. The van der Waals surface area contributed by atoms with E-state index in [-0.39, 0.29) is 11.3 Å². The van der Waals surface area contributed by atoms with Crippen LogP contribution in [0.15, 0.2) is 61.2 Å². The summed E-state index contributed by atoms with van der Waals surface area (Å²) in [6.07, 6.45) is 2.37. The SMILES string of the molecule is C=CCOc1ccc(-c2c(OC(F)F)cc3cc(CC)ccc3c2F)cc1. The van der Waals surface area contributed by atoms with E-state index >= 15 is 4.39 Å². The average molecular weight is 372 g/mol. The maximum absolute atomic E-state index is 15.2. The molecule has 0 spiro atoms. The molecule has 0 unspecified atom stereocenters. The molecule has 0 aliphatic carbocycles. The Morgan fingerprint density at radius 1 is 1.07 bits per heavy atom. The van der Waals surface area contributed by atoms with E-state index < -0.39 is 12.4 Å². The minimum atomic E-state index is -3.05. The van der Waals surface area contributed by atoms with Crippen molar-refractivity contribution >= 4 is 10.8 Å². The van der Waals surface area contributed by atoms with E-state index in [0.717, 1.165) is 12.0 Å². The number of hydrogen-bond donors (Lipinski definition) is 0. The van der Waals surface area contributed by atoms with Gasteiger partial charge in [-0.1, -0.05) is 49.9 Å². The molecule has 0 radical (unpaired) electrons. The van der Waals surface area contributed by atoms with Crippen LogP contribution >= 0.6 is 0 Å². The lowest BCUT2D eigenvalue weighted by molar-refractivity contribution is -0.0494. The van der Waals surface area contributed by atoms with Crippen LogP contribution in [-0.4, -0.2) is 13.2 Å². The van der Waals surface area contributed by atoms with Crippen molar-refractivity contribution in [3.05, 3.63) is 72.6 Å². The molecule has 3 rings (SSSR count). The van der Waals surface area contributed by atoms with E-state index in [4.69, 9.17) is 4.74 Å². The molecule has 5 heteroatoms. The molecule has 0 saturated heterocycles. The molecule has 0 fully saturated rings. The fraction of sp³-hybridized carbons (Fsp3) is 0.182. The van der Waals surface area contributed by atoms with Gasteiger partial charge < -0.3 is 9.47 Å². The van der Waals surface area contributed by atoms with Gasteiger partial charge in [-0.2, -0.15) is 8.78 Å². The topological polar surface area (TPSA) is 18.5 Å². The fourth-order valence-corrected chi connectivity index (χ4v) is 2.94. The predicted octanol–water partition coefficient (Wildman–Crippen LogP) is 6.37. The van der Waals surface area contributed by atoms with E-state index in [1.54, 1.807) is 42.5 Å². The summed E-state index contributed by atoms with van der Waals surface area (Å²) in [5.74, 6) is -0.211. The molecule has 0 heterocycles. The first-order valence-electron chi connectivity index (χ1n) is 8.57. The summed E-state index contributed by atoms with van der Waals surface area (Å²) in [4.78, 5) is 0. The highest BCUT2D eigenvalue weighted by molar-refractivity contribution is 5.92. The van der Waals surface area contributed by atoms with Crippen molar-refractivity contribution in [3.8, 4) is 22.6 Å². The fourth-order valence-electron chi connectivity index (χ4n) is 2.94. The third-order valence-corrected chi connectivity index (χ3v) is 4.24. The second-order valence-electron chi connectivity index (χ2n) is 5.98. The van der Waals surface area contributed by atoms with Gasteiger partial charge in [0.1, 0.15) is 23.9 Å². The van der Waals surface area contributed by atoms with Gasteiger partial charge in [-0.25, -0.2) is 4.39 Å². The molecule has 0 saturated carbocycles. The molecular weight excluding hydrogens is 353 g/mol. The summed E-state index contributed by atoms with van der Waals surface area (Å²) in [6.45, 7) is 2.83. The zero-order valence-electron chi connectivity index (χ0n) is 14.8. The van der Waals surface area contributed by atoms with Gasteiger partial charge in [0.2, 0.25) is 0 Å². The van der Waals surface area contributed by atoms with Crippen LogP contribution in [0.5, 0.6) is 11.5 Å². The smallest absolute Gasteiger partial charge is 0.387 e. The summed E-state index contributed by atoms with van der Waals surface area (Å²) in [5.41, 5.74) is 1.42. The number of ether oxygens (including phenoxy) is 2. The maximum atomic E-state index is 15.2. The van der Waals surface area contributed by atoms with Gasteiger partial charge in [0, 0.05) is 5.39 Å². The van der Waals surface area contributed by atoms with Crippen molar-refractivity contribution in [1.82, 2.24) is 0 Å². The van der Waals surface area contributed by atoms with E-state index in [1.165, 1.54) is 6.07 Å². The van der Waals surface area contributed by atoms with E-state index in [2.05, 4.69) is 11.3 Å². The zero-order chi connectivity index (χ0) is 19.4. The Morgan fingerprint density at radius 3 is 2.44 bits per heavy atom. The predicted molar refractivity (Wildman–Crippen MR) is 101 cm³/mol. The van der Waals surface area contributed by atoms with Crippen molar-refractivity contribution in [2.75, 3.05) is 6.61 Å². The third-order valence-electron chi connectivity index (χ3n) is 4.24. The normalized spacial score (nSPS) is 11.0. The minimum Gasteiger partial charge on any atom is -0.490 e. The lowest BCUT2D eigenvalue weighted by atomic mass is 9.97. The Kier molecular flexibility index (Phi) is 5.69. The van der Waals surface area contributed by atoms with Crippen LogP contribution in [-0.2, 0) is 6.42 Å². The van der Waals surface area contributed by atoms with Crippen LogP contribution in [0, 0.1) is 5.82 Å². The van der Waals surface area contributed by atoms with Crippen LogP contribution in [0.2, 0.25) is 0 Å². The van der Waals surface area contributed by atoms with Gasteiger partial charge in [0.25, 0.3) is 0 Å². The largest absolute Gasteiger partial charge is 0.490 e. The Hall–Kier alpha value is -2.95. The molecule has 140 valence electrons. The highest BCUT2D eigenvalue weighted by atomic mass is 19.3. The number of alkyl halides is 2. The van der Waals surface area contributed by atoms with E-state index in [9.17, 15) is 8.78 Å².